The van der Waals surface area contributed by atoms with E-state index in [0.717, 1.165) is 26.2 Å². The van der Waals surface area contributed by atoms with E-state index < -0.39 is 5.51 Å². The number of nitrogens with one attached hydrogen (secondary N) is 1. The summed E-state index contributed by atoms with van der Waals surface area (Å²) in [6, 6.07) is 4.02. The zero-order valence-electron chi connectivity index (χ0n) is 13.6. The highest BCUT2D eigenvalue weighted by Gasteiger charge is 2.35. The van der Waals surface area contributed by atoms with E-state index in [1.807, 2.05) is 20.8 Å². The summed E-state index contributed by atoms with van der Waals surface area (Å²) in [5.74, 6) is 0.0509. The number of alkyl halides is 3. The normalized spacial score (nSPS) is 18.9. The third kappa shape index (κ3) is 5.02. The van der Waals surface area contributed by atoms with E-state index in [1.165, 1.54) is 18.2 Å². The molecule has 1 aliphatic heterocycles. The van der Waals surface area contributed by atoms with E-state index in [9.17, 15) is 18.3 Å². The second-order valence-corrected chi connectivity index (χ2v) is 7.96. The van der Waals surface area contributed by atoms with Crippen LogP contribution in [0.2, 0.25) is 0 Å². The summed E-state index contributed by atoms with van der Waals surface area (Å²) in [7, 11) is 0. The number of aromatic hydroxyl groups is 1. The maximum Gasteiger partial charge on any atom is 0.446 e. The Morgan fingerprint density at radius 1 is 1.17 bits per heavy atom. The Bertz CT molecular complexity index is 537. The Morgan fingerprint density at radius 2 is 1.78 bits per heavy atom. The predicted octanol–water partition coefficient (Wildman–Crippen LogP) is 4.00. The monoisotopic (exact) mass is 348 g/mol. The third-order valence-electron chi connectivity index (χ3n) is 3.86. The first-order valence-electron chi connectivity index (χ1n) is 7.61. The van der Waals surface area contributed by atoms with Crippen LogP contribution in [0.25, 0.3) is 0 Å². The molecule has 3 nitrogen and oxygen atoms in total. The fourth-order valence-electron chi connectivity index (χ4n) is 3.10. The number of halogens is 3. The number of phenolic OH excluding ortho intramolecular Hbond substituents is 1. The second kappa shape index (κ2) is 6.91. The van der Waals surface area contributed by atoms with Crippen molar-refractivity contribution in [3.8, 4) is 5.75 Å². The van der Waals surface area contributed by atoms with E-state index in [1.54, 1.807) is 0 Å². The first-order chi connectivity index (χ1) is 10.6. The van der Waals surface area contributed by atoms with Crippen LogP contribution >= 0.6 is 11.8 Å². The Hall–Kier alpha value is -0.920. The second-order valence-electron chi connectivity index (χ2n) is 6.82. The van der Waals surface area contributed by atoms with Gasteiger partial charge in [-0.05, 0) is 35.4 Å². The molecule has 1 heterocycles. The lowest BCUT2D eigenvalue weighted by atomic mass is 9.80. The molecule has 1 saturated heterocycles. The van der Waals surface area contributed by atoms with Crippen LogP contribution in [0.4, 0.5) is 13.2 Å². The maximum absolute atomic E-state index is 12.6. The number of hydrogen-bond donors (Lipinski definition) is 2. The molecular weight excluding hydrogens is 325 g/mol. The van der Waals surface area contributed by atoms with Gasteiger partial charge >= 0.3 is 5.51 Å². The molecule has 0 radical (unpaired) electrons. The summed E-state index contributed by atoms with van der Waals surface area (Å²) in [5.41, 5.74) is -3.98. The van der Waals surface area contributed by atoms with Crippen molar-refractivity contribution in [1.82, 2.24) is 10.2 Å². The molecule has 0 bridgehead atoms. The summed E-state index contributed by atoms with van der Waals surface area (Å²) >= 11 is -0.144. The summed E-state index contributed by atoms with van der Waals surface area (Å²) in [4.78, 5) is 2.34. The zero-order chi connectivity index (χ0) is 17.3. The fourth-order valence-corrected chi connectivity index (χ4v) is 3.69. The van der Waals surface area contributed by atoms with Crippen molar-refractivity contribution < 1.29 is 18.3 Å². The van der Waals surface area contributed by atoms with Crippen LogP contribution in [0.1, 0.15) is 32.4 Å². The van der Waals surface area contributed by atoms with E-state index >= 15 is 0 Å². The van der Waals surface area contributed by atoms with E-state index in [0.29, 0.717) is 5.56 Å². The summed E-state index contributed by atoms with van der Waals surface area (Å²) < 4.78 is 37.9. The van der Waals surface area contributed by atoms with Gasteiger partial charge in [0, 0.05) is 42.7 Å². The minimum atomic E-state index is -4.33. The topological polar surface area (TPSA) is 35.5 Å². The molecule has 0 amide bonds. The van der Waals surface area contributed by atoms with E-state index in [4.69, 9.17) is 0 Å². The van der Waals surface area contributed by atoms with E-state index in [-0.39, 0.29) is 33.9 Å². The van der Waals surface area contributed by atoms with Crippen molar-refractivity contribution in [2.75, 3.05) is 26.2 Å². The van der Waals surface area contributed by atoms with Crippen LogP contribution in [0.15, 0.2) is 23.1 Å². The number of rotatable bonds is 3. The van der Waals surface area contributed by atoms with Crippen molar-refractivity contribution in [3.05, 3.63) is 23.8 Å². The molecule has 0 saturated carbocycles. The van der Waals surface area contributed by atoms with Crippen molar-refractivity contribution in [3.63, 3.8) is 0 Å². The largest absolute Gasteiger partial charge is 0.508 e. The standard InChI is InChI=1S/C16H23F3N2OS/c1-15(2,3)14(21-8-6-20-7-9-21)12-10-11(4-5-13(12)22)23-16(17,18)19/h4-5,10,14,20,22H,6-9H2,1-3H3/t14-/m1/s1. The first-order valence-corrected chi connectivity index (χ1v) is 8.43. The number of benzene rings is 1. The molecule has 0 unspecified atom stereocenters. The third-order valence-corrected chi connectivity index (χ3v) is 4.59. The molecule has 0 aromatic heterocycles. The molecule has 23 heavy (non-hydrogen) atoms. The van der Waals surface area contributed by atoms with Gasteiger partial charge in [0.1, 0.15) is 5.75 Å². The van der Waals surface area contributed by atoms with Gasteiger partial charge in [0.25, 0.3) is 0 Å². The van der Waals surface area contributed by atoms with Gasteiger partial charge in [-0.15, -0.1) is 0 Å². The van der Waals surface area contributed by atoms with Crippen LogP contribution in [-0.2, 0) is 0 Å². The summed E-state index contributed by atoms with van der Waals surface area (Å²) in [6.45, 7) is 9.42. The lowest BCUT2D eigenvalue weighted by molar-refractivity contribution is -0.0328. The average Bonchev–Trinajstić information content (AvgIpc) is 2.41. The lowest BCUT2D eigenvalue weighted by Gasteiger charge is -2.42. The fraction of sp³-hybridized carbons (Fsp3) is 0.625. The van der Waals surface area contributed by atoms with Crippen LogP contribution in [-0.4, -0.2) is 41.7 Å². The van der Waals surface area contributed by atoms with Crippen LogP contribution in [0.5, 0.6) is 5.75 Å². The molecule has 130 valence electrons. The molecule has 1 fully saturated rings. The quantitative estimate of drug-likeness (QED) is 0.810. The number of nitrogens with zero attached hydrogens (tertiary/aromatic N) is 1. The average molecular weight is 348 g/mol. The number of piperazine rings is 1. The van der Waals surface area contributed by atoms with Crippen LogP contribution in [0.3, 0.4) is 0 Å². The molecule has 7 heteroatoms. The Labute approximate surface area is 139 Å². The molecule has 1 aromatic rings. The maximum atomic E-state index is 12.6. The molecule has 1 atom stereocenters. The van der Waals surface area contributed by atoms with Gasteiger partial charge in [-0.2, -0.15) is 13.2 Å². The minimum Gasteiger partial charge on any atom is -0.508 e. The van der Waals surface area contributed by atoms with Gasteiger partial charge in [0.15, 0.2) is 0 Å². The van der Waals surface area contributed by atoms with Gasteiger partial charge in [0.05, 0.1) is 0 Å². The molecule has 1 aliphatic rings. The number of hydrogen-bond acceptors (Lipinski definition) is 4. The van der Waals surface area contributed by atoms with Gasteiger partial charge in [-0.25, -0.2) is 0 Å². The van der Waals surface area contributed by atoms with Crippen molar-refractivity contribution in [2.24, 2.45) is 5.41 Å². The Morgan fingerprint density at radius 3 is 2.30 bits per heavy atom. The highest BCUT2D eigenvalue weighted by Crippen LogP contribution is 2.45. The molecule has 1 aromatic carbocycles. The lowest BCUT2D eigenvalue weighted by Crippen LogP contribution is -2.48. The molecule has 0 aliphatic carbocycles. The van der Waals surface area contributed by atoms with Crippen molar-refractivity contribution in [2.45, 2.75) is 37.2 Å². The number of thioether (sulfide) groups is 1. The summed E-state index contributed by atoms with van der Waals surface area (Å²) in [5, 5.41) is 13.5. The number of phenols is 1. The highest BCUT2D eigenvalue weighted by molar-refractivity contribution is 8.00. The van der Waals surface area contributed by atoms with Gasteiger partial charge in [-0.1, -0.05) is 20.8 Å². The van der Waals surface area contributed by atoms with E-state index in [2.05, 4.69) is 10.2 Å². The van der Waals surface area contributed by atoms with Gasteiger partial charge in [-0.3, -0.25) is 4.90 Å². The SMILES string of the molecule is CC(C)(C)[C@@H](c1cc(SC(F)(F)F)ccc1O)N1CCNCC1. The van der Waals surface area contributed by atoms with Crippen molar-refractivity contribution >= 4 is 11.8 Å². The zero-order valence-corrected chi connectivity index (χ0v) is 14.4. The van der Waals surface area contributed by atoms with Gasteiger partial charge in [0.2, 0.25) is 0 Å². The minimum absolute atomic E-state index is 0.0509. The molecule has 0 spiro atoms. The van der Waals surface area contributed by atoms with Crippen LogP contribution < -0.4 is 5.32 Å². The van der Waals surface area contributed by atoms with Gasteiger partial charge < -0.3 is 10.4 Å². The smallest absolute Gasteiger partial charge is 0.446 e. The Balaban J connectivity index is 2.39. The van der Waals surface area contributed by atoms with Crippen LogP contribution in [0, 0.1) is 5.41 Å². The van der Waals surface area contributed by atoms with Crippen molar-refractivity contribution in [1.29, 1.82) is 0 Å². The Kier molecular flexibility index (Phi) is 5.53. The highest BCUT2D eigenvalue weighted by atomic mass is 32.2. The molecular formula is C16H23F3N2OS. The first kappa shape index (κ1) is 18.4. The predicted molar refractivity (Wildman–Crippen MR) is 86.7 cm³/mol. The summed E-state index contributed by atoms with van der Waals surface area (Å²) in [6.07, 6.45) is 0. The molecule has 2 N–H and O–H groups in total. The molecule has 2 rings (SSSR count).